The second-order valence-corrected chi connectivity index (χ2v) is 8.87. The third-order valence-corrected chi connectivity index (χ3v) is 6.02. The van der Waals surface area contributed by atoms with Crippen molar-refractivity contribution in [1.29, 1.82) is 0 Å². The number of nitrogens with zero attached hydrogens (tertiary/aromatic N) is 4. The molecule has 0 radical (unpaired) electrons. The summed E-state index contributed by atoms with van der Waals surface area (Å²) in [5.41, 5.74) is 1.33. The molecule has 2 amide bonds. The molecule has 2 aliphatic heterocycles. The number of piperazine rings is 1. The fraction of sp³-hybridized carbons (Fsp3) is 0.360. The Balaban J connectivity index is 1.45. The number of hydrogen-bond acceptors (Lipinski definition) is 6. The van der Waals surface area contributed by atoms with Gasteiger partial charge in [0.15, 0.2) is 5.84 Å². The number of pyridine rings is 1. The van der Waals surface area contributed by atoms with Gasteiger partial charge in [0.05, 0.1) is 12.6 Å². The largest absolute Gasteiger partial charge is 0.481 e. The van der Waals surface area contributed by atoms with E-state index < -0.39 is 5.54 Å². The van der Waals surface area contributed by atoms with Gasteiger partial charge in [0.2, 0.25) is 5.88 Å². The molecule has 0 unspecified atom stereocenters. The van der Waals surface area contributed by atoms with E-state index in [1.165, 1.54) is 19.2 Å². The zero-order valence-electron chi connectivity index (χ0n) is 19.5. The fourth-order valence-electron chi connectivity index (χ4n) is 4.25. The normalized spacial score (nSPS) is 17.8. The van der Waals surface area contributed by atoms with E-state index in [4.69, 9.17) is 4.74 Å². The number of nitrogens with one attached hydrogen (secondary N) is 1. The SMILES string of the molecule is COc1cccc(C(=O)N2CCN(C(=O)C3=NCCC(c4cccc(F)c4)=CN3)C(C)(C)C2)n1. The van der Waals surface area contributed by atoms with Crippen LogP contribution in [0, 0.1) is 5.82 Å². The highest BCUT2D eigenvalue weighted by molar-refractivity contribution is 6.38. The van der Waals surface area contributed by atoms with Crippen molar-refractivity contribution < 1.29 is 18.7 Å². The first-order valence-electron chi connectivity index (χ1n) is 11.2. The molecule has 2 aromatic rings. The number of ether oxygens (including phenoxy) is 1. The molecule has 178 valence electrons. The molecule has 0 bridgehead atoms. The van der Waals surface area contributed by atoms with Crippen LogP contribution in [0.15, 0.2) is 53.7 Å². The predicted octanol–water partition coefficient (Wildman–Crippen LogP) is 2.73. The highest BCUT2D eigenvalue weighted by Gasteiger charge is 2.40. The standard InChI is InChI=1S/C25H28FN5O3/c1-25(2)16-30(23(32)20-8-5-9-21(29-20)34-3)12-13-31(25)24(33)22-27-11-10-18(15-28-22)17-6-4-7-19(26)14-17/h4-9,14-15H,10-13,16H2,1-3H3,(H,27,28). The Morgan fingerprint density at radius 2 is 1.91 bits per heavy atom. The molecule has 0 atom stereocenters. The molecule has 4 rings (SSSR count). The summed E-state index contributed by atoms with van der Waals surface area (Å²) in [6.07, 6.45) is 2.31. The van der Waals surface area contributed by atoms with Crippen molar-refractivity contribution in [2.75, 3.05) is 33.3 Å². The summed E-state index contributed by atoms with van der Waals surface area (Å²) in [4.78, 5) is 38.5. The van der Waals surface area contributed by atoms with Crippen LogP contribution in [0.2, 0.25) is 0 Å². The molecule has 1 aromatic heterocycles. The molecule has 0 spiro atoms. The number of methoxy groups -OCH3 is 1. The molecular formula is C25H28FN5O3. The fourth-order valence-corrected chi connectivity index (χ4v) is 4.25. The Labute approximate surface area is 198 Å². The Hall–Kier alpha value is -3.75. The summed E-state index contributed by atoms with van der Waals surface area (Å²) in [5.74, 6) is -0.117. The van der Waals surface area contributed by atoms with Crippen LogP contribution >= 0.6 is 0 Å². The second-order valence-electron chi connectivity index (χ2n) is 8.87. The average molecular weight is 466 g/mol. The van der Waals surface area contributed by atoms with Gasteiger partial charge in [-0.15, -0.1) is 0 Å². The molecule has 8 nitrogen and oxygen atoms in total. The van der Waals surface area contributed by atoms with E-state index in [2.05, 4.69) is 15.3 Å². The minimum Gasteiger partial charge on any atom is -0.481 e. The van der Waals surface area contributed by atoms with Gasteiger partial charge in [-0.2, -0.15) is 0 Å². The molecule has 3 heterocycles. The van der Waals surface area contributed by atoms with E-state index in [-0.39, 0.29) is 23.5 Å². The number of carbonyl (C=O) groups is 2. The number of aromatic nitrogens is 1. The quantitative estimate of drug-likeness (QED) is 0.750. The summed E-state index contributed by atoms with van der Waals surface area (Å²) in [6.45, 7) is 5.36. The van der Waals surface area contributed by atoms with E-state index >= 15 is 0 Å². The Morgan fingerprint density at radius 1 is 1.12 bits per heavy atom. The number of amides is 2. The van der Waals surface area contributed by atoms with Crippen LogP contribution in [0.25, 0.3) is 5.57 Å². The monoisotopic (exact) mass is 465 g/mol. The van der Waals surface area contributed by atoms with E-state index in [0.29, 0.717) is 44.2 Å². The van der Waals surface area contributed by atoms with Crippen LogP contribution in [0.5, 0.6) is 5.88 Å². The molecular weight excluding hydrogens is 437 g/mol. The third kappa shape index (κ3) is 4.93. The van der Waals surface area contributed by atoms with Crippen molar-refractivity contribution in [2.45, 2.75) is 25.8 Å². The van der Waals surface area contributed by atoms with Crippen molar-refractivity contribution in [3.8, 4) is 5.88 Å². The minimum absolute atomic E-state index is 0.202. The number of hydrogen-bond donors (Lipinski definition) is 1. The maximum Gasteiger partial charge on any atom is 0.289 e. The van der Waals surface area contributed by atoms with Gasteiger partial charge in [0.25, 0.3) is 11.8 Å². The lowest BCUT2D eigenvalue weighted by Crippen LogP contribution is -2.64. The summed E-state index contributed by atoms with van der Waals surface area (Å²) in [6, 6.07) is 11.4. The van der Waals surface area contributed by atoms with Gasteiger partial charge in [-0.1, -0.05) is 18.2 Å². The summed E-state index contributed by atoms with van der Waals surface area (Å²) >= 11 is 0. The van der Waals surface area contributed by atoms with Gasteiger partial charge in [-0.3, -0.25) is 14.6 Å². The van der Waals surface area contributed by atoms with Gasteiger partial charge >= 0.3 is 0 Å². The van der Waals surface area contributed by atoms with Gasteiger partial charge in [-0.05, 0) is 49.6 Å². The van der Waals surface area contributed by atoms with E-state index in [1.807, 2.05) is 19.9 Å². The van der Waals surface area contributed by atoms with Crippen LogP contribution in [0.4, 0.5) is 4.39 Å². The van der Waals surface area contributed by atoms with Crippen LogP contribution in [-0.2, 0) is 4.79 Å². The van der Waals surface area contributed by atoms with E-state index in [0.717, 1.165) is 11.1 Å². The Bertz CT molecular complexity index is 1160. The van der Waals surface area contributed by atoms with Crippen LogP contribution in [-0.4, -0.2) is 71.3 Å². The molecule has 1 fully saturated rings. The zero-order chi connectivity index (χ0) is 24.3. The average Bonchev–Trinajstić information content (AvgIpc) is 3.09. The Kier molecular flexibility index (Phi) is 6.63. The zero-order valence-corrected chi connectivity index (χ0v) is 19.5. The molecule has 1 saturated heterocycles. The van der Waals surface area contributed by atoms with E-state index in [9.17, 15) is 14.0 Å². The number of rotatable bonds is 4. The van der Waals surface area contributed by atoms with Crippen molar-refractivity contribution in [3.63, 3.8) is 0 Å². The highest BCUT2D eigenvalue weighted by atomic mass is 19.1. The number of aliphatic imine (C=N–C) groups is 1. The van der Waals surface area contributed by atoms with Crippen molar-refractivity contribution in [1.82, 2.24) is 20.1 Å². The molecule has 1 aromatic carbocycles. The molecule has 2 aliphatic rings. The van der Waals surface area contributed by atoms with Crippen molar-refractivity contribution in [3.05, 3.63) is 65.7 Å². The smallest absolute Gasteiger partial charge is 0.289 e. The van der Waals surface area contributed by atoms with Crippen LogP contribution in [0.1, 0.15) is 36.3 Å². The van der Waals surface area contributed by atoms with Crippen molar-refractivity contribution >= 4 is 23.2 Å². The van der Waals surface area contributed by atoms with E-state index in [1.54, 1.807) is 40.3 Å². The summed E-state index contributed by atoms with van der Waals surface area (Å²) in [7, 11) is 1.50. The molecule has 0 aliphatic carbocycles. The minimum atomic E-state index is -0.616. The second kappa shape index (κ2) is 9.62. The maximum atomic E-state index is 13.6. The predicted molar refractivity (Wildman–Crippen MR) is 127 cm³/mol. The maximum absolute atomic E-state index is 13.6. The van der Waals surface area contributed by atoms with Gasteiger partial charge in [-0.25, -0.2) is 9.37 Å². The lowest BCUT2D eigenvalue weighted by molar-refractivity contribution is -0.132. The first kappa shape index (κ1) is 23.4. The third-order valence-electron chi connectivity index (χ3n) is 6.02. The lowest BCUT2D eigenvalue weighted by atomic mass is 9.98. The van der Waals surface area contributed by atoms with Crippen molar-refractivity contribution in [2.24, 2.45) is 4.99 Å². The number of amidine groups is 1. The highest BCUT2D eigenvalue weighted by Crippen LogP contribution is 2.24. The molecule has 34 heavy (non-hydrogen) atoms. The van der Waals surface area contributed by atoms with Crippen LogP contribution in [0.3, 0.4) is 0 Å². The van der Waals surface area contributed by atoms with Gasteiger partial charge in [0.1, 0.15) is 11.5 Å². The molecule has 1 N–H and O–H groups in total. The van der Waals surface area contributed by atoms with Gasteiger partial charge < -0.3 is 19.9 Å². The Morgan fingerprint density at radius 3 is 2.65 bits per heavy atom. The summed E-state index contributed by atoms with van der Waals surface area (Å²) < 4.78 is 18.7. The van der Waals surface area contributed by atoms with Gasteiger partial charge in [0, 0.05) is 38.4 Å². The van der Waals surface area contributed by atoms with Crippen LogP contribution < -0.4 is 10.1 Å². The molecule has 9 heteroatoms. The first-order chi connectivity index (χ1) is 16.3. The number of halogens is 1. The molecule has 0 saturated carbocycles. The number of benzene rings is 1. The first-order valence-corrected chi connectivity index (χ1v) is 11.2. The number of carbonyl (C=O) groups excluding carboxylic acids is 2. The topological polar surface area (TPSA) is 87.1 Å². The summed E-state index contributed by atoms with van der Waals surface area (Å²) in [5, 5.41) is 3.03. The lowest BCUT2D eigenvalue weighted by Gasteiger charge is -2.47.